The van der Waals surface area contributed by atoms with Crippen molar-refractivity contribution in [3.63, 3.8) is 0 Å². The molecule has 2 aromatic carbocycles. The number of hydrogen-bond acceptors (Lipinski definition) is 3. The molecule has 1 aliphatic heterocycles. The molecule has 0 bridgehead atoms. The van der Waals surface area contributed by atoms with Crippen LogP contribution < -0.4 is 9.64 Å². The van der Waals surface area contributed by atoms with Gasteiger partial charge in [-0.25, -0.2) is 0 Å². The molecule has 0 N–H and O–H groups in total. The van der Waals surface area contributed by atoms with E-state index in [4.69, 9.17) is 27.9 Å². The lowest BCUT2D eigenvalue weighted by Crippen LogP contribution is -2.23. The van der Waals surface area contributed by atoms with E-state index >= 15 is 0 Å². The molecule has 1 heterocycles. The smallest absolute Gasteiger partial charge is 0.227 e. The van der Waals surface area contributed by atoms with Crippen LogP contribution in [0.1, 0.15) is 23.2 Å². The molecule has 24 heavy (non-hydrogen) atoms. The Bertz CT molecular complexity index is 774. The molecule has 0 saturated carbocycles. The number of halogens is 2. The predicted molar refractivity (Wildman–Crippen MR) is 94.3 cm³/mol. The van der Waals surface area contributed by atoms with Gasteiger partial charge in [-0.2, -0.15) is 0 Å². The number of carbonyl (C=O) groups is 2. The Labute approximate surface area is 149 Å². The van der Waals surface area contributed by atoms with Crippen molar-refractivity contribution >= 4 is 40.6 Å². The number of carbonyl (C=O) groups excluding carboxylic acids is 2. The van der Waals surface area contributed by atoms with Crippen molar-refractivity contribution in [2.24, 2.45) is 0 Å². The number of Topliss-reactive ketones (excluding diaryl/α,β-unsaturated/α-hetero) is 1. The number of benzene rings is 2. The highest BCUT2D eigenvalue weighted by molar-refractivity contribution is 6.42. The van der Waals surface area contributed by atoms with Crippen LogP contribution in [0, 0.1) is 0 Å². The summed E-state index contributed by atoms with van der Waals surface area (Å²) in [7, 11) is 0. The van der Waals surface area contributed by atoms with Crippen molar-refractivity contribution in [2.45, 2.75) is 12.8 Å². The maximum atomic E-state index is 12.2. The van der Waals surface area contributed by atoms with E-state index in [0.29, 0.717) is 22.8 Å². The average molecular weight is 364 g/mol. The zero-order chi connectivity index (χ0) is 17.1. The molecular formula is C18H15Cl2NO3. The molecule has 0 radical (unpaired) electrons. The first-order chi connectivity index (χ1) is 11.6. The zero-order valence-electron chi connectivity index (χ0n) is 12.8. The fraction of sp³-hybridized carbons (Fsp3) is 0.222. The summed E-state index contributed by atoms with van der Waals surface area (Å²) in [5.74, 6) is 0.315. The third kappa shape index (κ3) is 3.55. The number of amides is 1. The first-order valence-electron chi connectivity index (χ1n) is 7.56. The van der Waals surface area contributed by atoms with Crippen LogP contribution in [0.5, 0.6) is 5.75 Å². The summed E-state index contributed by atoms with van der Waals surface area (Å²) in [4.78, 5) is 25.7. The largest absolute Gasteiger partial charge is 0.484 e. The molecule has 6 heteroatoms. The second-order valence-corrected chi connectivity index (χ2v) is 6.24. The molecule has 4 nitrogen and oxygen atoms in total. The van der Waals surface area contributed by atoms with E-state index in [-0.39, 0.29) is 23.3 Å². The lowest BCUT2D eigenvalue weighted by Gasteiger charge is -2.15. The second kappa shape index (κ2) is 7.24. The van der Waals surface area contributed by atoms with Crippen LogP contribution in [-0.2, 0) is 4.79 Å². The summed E-state index contributed by atoms with van der Waals surface area (Å²) in [5.41, 5.74) is 1.33. The zero-order valence-corrected chi connectivity index (χ0v) is 14.3. The Morgan fingerprint density at radius 1 is 1.12 bits per heavy atom. The van der Waals surface area contributed by atoms with Gasteiger partial charge in [-0.15, -0.1) is 0 Å². The van der Waals surface area contributed by atoms with Crippen molar-refractivity contribution in [2.75, 3.05) is 18.1 Å². The van der Waals surface area contributed by atoms with Crippen molar-refractivity contribution in [3.8, 4) is 5.75 Å². The van der Waals surface area contributed by atoms with Crippen molar-refractivity contribution in [1.29, 1.82) is 0 Å². The molecule has 0 atom stereocenters. The van der Waals surface area contributed by atoms with Crippen LogP contribution in [0.3, 0.4) is 0 Å². The highest BCUT2D eigenvalue weighted by Crippen LogP contribution is 2.31. The molecule has 124 valence electrons. The molecular weight excluding hydrogens is 349 g/mol. The van der Waals surface area contributed by atoms with Crippen molar-refractivity contribution < 1.29 is 14.3 Å². The first-order valence-corrected chi connectivity index (χ1v) is 8.32. The highest BCUT2D eigenvalue weighted by atomic mass is 35.5. The molecule has 3 rings (SSSR count). The first kappa shape index (κ1) is 16.8. The Morgan fingerprint density at radius 3 is 2.54 bits per heavy atom. The lowest BCUT2D eigenvalue weighted by atomic mass is 10.1. The third-order valence-corrected chi connectivity index (χ3v) is 4.65. The van der Waals surface area contributed by atoms with Gasteiger partial charge in [0.25, 0.3) is 0 Å². The fourth-order valence-electron chi connectivity index (χ4n) is 2.57. The second-order valence-electron chi connectivity index (χ2n) is 5.46. The van der Waals surface area contributed by atoms with Gasteiger partial charge in [0.2, 0.25) is 5.91 Å². The van der Waals surface area contributed by atoms with Crippen molar-refractivity contribution in [3.05, 3.63) is 58.1 Å². The van der Waals surface area contributed by atoms with Gasteiger partial charge >= 0.3 is 0 Å². The average Bonchev–Trinajstić information content (AvgIpc) is 3.02. The molecule has 2 aromatic rings. The number of rotatable bonds is 5. The van der Waals surface area contributed by atoms with Gasteiger partial charge in [0, 0.05) is 24.2 Å². The van der Waals surface area contributed by atoms with Gasteiger partial charge in [0.05, 0.1) is 5.02 Å². The fourth-order valence-corrected chi connectivity index (χ4v) is 2.92. The van der Waals surface area contributed by atoms with Gasteiger partial charge in [0.15, 0.2) is 12.4 Å². The highest BCUT2D eigenvalue weighted by Gasteiger charge is 2.21. The standard InChI is InChI=1S/C18H15Cl2NO3/c19-14-3-1-4-16(18(14)20)24-11-15(22)12-6-8-13(9-7-12)21-10-2-5-17(21)23/h1,3-4,6-9H,2,5,10-11H2. The molecule has 0 unspecified atom stereocenters. The van der Waals surface area contributed by atoms with Gasteiger partial charge in [0.1, 0.15) is 10.8 Å². The van der Waals surface area contributed by atoms with Gasteiger partial charge in [-0.3, -0.25) is 9.59 Å². The SMILES string of the molecule is O=C(COc1cccc(Cl)c1Cl)c1ccc(N2CCCC2=O)cc1. The number of ketones is 1. The van der Waals surface area contributed by atoms with E-state index in [9.17, 15) is 9.59 Å². The maximum Gasteiger partial charge on any atom is 0.227 e. The molecule has 0 spiro atoms. The van der Waals surface area contributed by atoms with Gasteiger partial charge < -0.3 is 9.64 Å². The normalized spacial score (nSPS) is 14.1. The minimum atomic E-state index is -0.176. The molecule has 1 aliphatic rings. The molecule has 0 aromatic heterocycles. The predicted octanol–water partition coefficient (Wildman–Crippen LogP) is 4.38. The molecule has 1 fully saturated rings. The monoisotopic (exact) mass is 363 g/mol. The number of anilines is 1. The number of hydrogen-bond donors (Lipinski definition) is 0. The minimum Gasteiger partial charge on any atom is -0.484 e. The maximum absolute atomic E-state index is 12.2. The summed E-state index contributed by atoms with van der Waals surface area (Å²) in [6.45, 7) is 0.588. The Kier molecular flexibility index (Phi) is 5.07. The van der Waals surface area contributed by atoms with Gasteiger partial charge in [-0.05, 0) is 42.8 Å². The summed E-state index contributed by atoms with van der Waals surface area (Å²) in [5, 5.41) is 0.663. The van der Waals surface area contributed by atoms with E-state index in [2.05, 4.69) is 0 Å². The molecule has 0 aliphatic carbocycles. The minimum absolute atomic E-state index is 0.119. The quantitative estimate of drug-likeness (QED) is 0.740. The van der Waals surface area contributed by atoms with Crippen LogP contribution in [0.15, 0.2) is 42.5 Å². The van der Waals surface area contributed by atoms with E-state index in [0.717, 1.165) is 18.7 Å². The number of nitrogens with zero attached hydrogens (tertiary/aromatic N) is 1. The Balaban J connectivity index is 1.65. The molecule has 1 amide bonds. The topological polar surface area (TPSA) is 46.6 Å². The van der Waals surface area contributed by atoms with Crippen LogP contribution in [0.2, 0.25) is 10.0 Å². The summed E-state index contributed by atoms with van der Waals surface area (Å²) in [6.07, 6.45) is 1.45. The van der Waals surface area contributed by atoms with Crippen LogP contribution in [-0.4, -0.2) is 24.8 Å². The Hall–Kier alpha value is -2.04. The van der Waals surface area contributed by atoms with Crippen molar-refractivity contribution in [1.82, 2.24) is 0 Å². The van der Waals surface area contributed by atoms with E-state index in [1.165, 1.54) is 0 Å². The third-order valence-electron chi connectivity index (χ3n) is 3.85. The summed E-state index contributed by atoms with van der Waals surface area (Å²) in [6, 6.07) is 12.0. The van der Waals surface area contributed by atoms with Crippen LogP contribution >= 0.6 is 23.2 Å². The summed E-state index contributed by atoms with van der Waals surface area (Å²) >= 11 is 11.9. The Morgan fingerprint density at radius 2 is 1.88 bits per heavy atom. The van der Waals surface area contributed by atoms with Gasteiger partial charge in [-0.1, -0.05) is 29.3 Å². The van der Waals surface area contributed by atoms with E-state index < -0.39 is 0 Å². The van der Waals surface area contributed by atoms with E-state index in [1.54, 1.807) is 47.4 Å². The lowest BCUT2D eigenvalue weighted by molar-refractivity contribution is -0.117. The van der Waals surface area contributed by atoms with E-state index in [1.807, 2.05) is 0 Å². The van der Waals surface area contributed by atoms with Crippen LogP contribution in [0.4, 0.5) is 5.69 Å². The summed E-state index contributed by atoms with van der Waals surface area (Å²) < 4.78 is 5.45. The van der Waals surface area contributed by atoms with Crippen LogP contribution in [0.25, 0.3) is 0 Å². The number of ether oxygens (including phenoxy) is 1. The molecule has 1 saturated heterocycles.